The van der Waals surface area contributed by atoms with Crippen molar-refractivity contribution in [1.82, 2.24) is 0 Å². The molecule has 1 saturated heterocycles. The van der Waals surface area contributed by atoms with Crippen LogP contribution in [0.3, 0.4) is 0 Å². The lowest BCUT2D eigenvalue weighted by Gasteiger charge is -2.30. The minimum atomic E-state index is 0.0266. The third kappa shape index (κ3) is 0.822. The Bertz CT molecular complexity index is 171. The van der Waals surface area contributed by atoms with Crippen molar-refractivity contribution in [2.75, 3.05) is 0 Å². The van der Waals surface area contributed by atoms with Crippen molar-refractivity contribution in [3.63, 3.8) is 0 Å². The molecule has 11 heavy (non-hydrogen) atoms. The molecule has 2 fully saturated rings. The van der Waals surface area contributed by atoms with E-state index >= 15 is 0 Å². The summed E-state index contributed by atoms with van der Waals surface area (Å²) in [6.07, 6.45) is 3.62. The minimum Gasteiger partial charge on any atom is -0.381 e. The van der Waals surface area contributed by atoms with Crippen LogP contribution in [0.2, 0.25) is 0 Å². The van der Waals surface area contributed by atoms with Crippen LogP contribution < -0.4 is 0 Å². The van der Waals surface area contributed by atoms with Gasteiger partial charge in [0.1, 0.15) is 7.85 Å². The molecule has 0 spiro atoms. The van der Waals surface area contributed by atoms with E-state index in [1.165, 1.54) is 12.8 Å². The third-order valence-electron chi connectivity index (χ3n) is 3.76. The number of ether oxygens (including phenoxy) is 1. The fraction of sp³-hybridized carbons (Fsp3) is 1.00. The molecule has 1 heterocycles. The molecule has 0 aromatic heterocycles. The van der Waals surface area contributed by atoms with E-state index in [9.17, 15) is 0 Å². The lowest BCUT2D eigenvalue weighted by Crippen LogP contribution is -2.32. The Balaban J connectivity index is 2.24. The number of hydrogen-bond donors (Lipinski definition) is 0. The Morgan fingerprint density at radius 2 is 2.36 bits per heavy atom. The molecule has 60 valence electrons. The van der Waals surface area contributed by atoms with Crippen LogP contribution in [0, 0.1) is 11.8 Å². The van der Waals surface area contributed by atoms with E-state index < -0.39 is 0 Å². The summed E-state index contributed by atoms with van der Waals surface area (Å²) in [5.41, 5.74) is 0.157. The summed E-state index contributed by atoms with van der Waals surface area (Å²) in [5, 5.41) is 0. The summed E-state index contributed by atoms with van der Waals surface area (Å²) in [5.74, 6) is 1.32. The molecule has 1 aliphatic carbocycles. The van der Waals surface area contributed by atoms with Crippen LogP contribution in [0.15, 0.2) is 0 Å². The molecule has 2 rings (SSSR count). The van der Waals surface area contributed by atoms with Gasteiger partial charge in [0, 0.05) is 6.00 Å². The smallest absolute Gasteiger partial charge is 0.109 e. The first kappa shape index (κ1) is 7.66. The SMILES string of the molecule is [B]C1OC2(CC)CCC1C2C. The van der Waals surface area contributed by atoms with E-state index in [1.807, 2.05) is 0 Å². The summed E-state index contributed by atoms with van der Waals surface area (Å²) in [7, 11) is 5.85. The first-order valence-electron chi connectivity index (χ1n) is 4.63. The van der Waals surface area contributed by atoms with Crippen molar-refractivity contribution < 1.29 is 4.74 Å². The van der Waals surface area contributed by atoms with Gasteiger partial charge >= 0.3 is 0 Å². The Morgan fingerprint density at radius 3 is 2.64 bits per heavy atom. The molecular formula is C9H15BO. The Hall–Kier alpha value is 0.0249. The maximum Gasteiger partial charge on any atom is 0.109 e. The molecule has 0 aromatic rings. The molecule has 0 amide bonds. The zero-order chi connectivity index (χ0) is 8.06. The van der Waals surface area contributed by atoms with Gasteiger partial charge in [0.05, 0.1) is 5.60 Å². The van der Waals surface area contributed by atoms with Gasteiger partial charge in [-0.25, -0.2) is 0 Å². The molecule has 4 unspecified atom stereocenters. The molecule has 0 N–H and O–H groups in total. The van der Waals surface area contributed by atoms with Crippen LogP contribution in [-0.2, 0) is 4.74 Å². The number of hydrogen-bond acceptors (Lipinski definition) is 1. The second kappa shape index (κ2) is 2.26. The molecule has 0 aromatic carbocycles. The first-order chi connectivity index (χ1) is 5.19. The van der Waals surface area contributed by atoms with Crippen molar-refractivity contribution in [3.05, 3.63) is 0 Å². The molecule has 2 aliphatic rings. The summed E-state index contributed by atoms with van der Waals surface area (Å²) in [6, 6.07) is 0.0266. The van der Waals surface area contributed by atoms with Crippen molar-refractivity contribution in [2.45, 2.75) is 44.7 Å². The van der Waals surface area contributed by atoms with Crippen molar-refractivity contribution in [2.24, 2.45) is 11.8 Å². The fourth-order valence-electron chi connectivity index (χ4n) is 2.83. The Kier molecular flexibility index (Phi) is 1.57. The van der Waals surface area contributed by atoms with Crippen molar-refractivity contribution >= 4 is 7.85 Å². The van der Waals surface area contributed by atoms with E-state index in [2.05, 4.69) is 13.8 Å². The predicted octanol–water partition coefficient (Wildman–Crippen LogP) is 1.71. The maximum absolute atomic E-state index is 5.85. The van der Waals surface area contributed by atoms with E-state index in [4.69, 9.17) is 12.6 Å². The Morgan fingerprint density at radius 1 is 1.64 bits per heavy atom. The van der Waals surface area contributed by atoms with Gasteiger partial charge in [-0.2, -0.15) is 0 Å². The number of rotatable bonds is 1. The lowest BCUT2D eigenvalue weighted by atomic mass is 9.81. The fourth-order valence-corrected chi connectivity index (χ4v) is 2.83. The van der Waals surface area contributed by atoms with Crippen LogP contribution in [0.1, 0.15) is 33.1 Å². The van der Waals surface area contributed by atoms with Gasteiger partial charge in [-0.3, -0.25) is 0 Å². The largest absolute Gasteiger partial charge is 0.381 e. The topological polar surface area (TPSA) is 9.23 Å². The van der Waals surface area contributed by atoms with E-state index in [0.717, 1.165) is 6.42 Å². The van der Waals surface area contributed by atoms with E-state index in [1.54, 1.807) is 0 Å². The van der Waals surface area contributed by atoms with Gasteiger partial charge in [0.15, 0.2) is 0 Å². The predicted molar refractivity (Wildman–Crippen MR) is 45.5 cm³/mol. The van der Waals surface area contributed by atoms with Crippen LogP contribution >= 0.6 is 0 Å². The zero-order valence-corrected chi connectivity index (χ0v) is 7.34. The molecule has 2 bridgehead atoms. The first-order valence-corrected chi connectivity index (χ1v) is 4.63. The van der Waals surface area contributed by atoms with Crippen LogP contribution in [-0.4, -0.2) is 19.5 Å². The van der Waals surface area contributed by atoms with Crippen molar-refractivity contribution in [1.29, 1.82) is 0 Å². The normalized spacial score (nSPS) is 55.3. The molecule has 1 aliphatic heterocycles. The second-order valence-corrected chi connectivity index (χ2v) is 3.99. The summed E-state index contributed by atoms with van der Waals surface area (Å²) < 4.78 is 5.79. The van der Waals surface area contributed by atoms with E-state index in [-0.39, 0.29) is 11.6 Å². The van der Waals surface area contributed by atoms with Gasteiger partial charge in [0.25, 0.3) is 0 Å². The van der Waals surface area contributed by atoms with Gasteiger partial charge in [-0.1, -0.05) is 13.8 Å². The highest BCUT2D eigenvalue weighted by atomic mass is 16.5. The lowest BCUT2D eigenvalue weighted by molar-refractivity contribution is -0.0489. The highest BCUT2D eigenvalue weighted by molar-refractivity contribution is 6.11. The van der Waals surface area contributed by atoms with Crippen molar-refractivity contribution in [3.8, 4) is 0 Å². The van der Waals surface area contributed by atoms with Gasteiger partial charge < -0.3 is 4.74 Å². The summed E-state index contributed by atoms with van der Waals surface area (Å²) >= 11 is 0. The van der Waals surface area contributed by atoms with Crippen LogP contribution in [0.25, 0.3) is 0 Å². The average Bonchev–Trinajstić information content (AvgIpc) is 2.42. The van der Waals surface area contributed by atoms with Gasteiger partial charge in [0.2, 0.25) is 0 Å². The standard InChI is InChI=1S/C9H15BO/c1-3-9-5-4-7(6(9)2)8(10)11-9/h6-8H,3-5H2,1-2H3. The minimum absolute atomic E-state index is 0.0266. The highest BCUT2D eigenvalue weighted by Crippen LogP contribution is 2.53. The quantitative estimate of drug-likeness (QED) is 0.517. The molecule has 1 saturated carbocycles. The van der Waals surface area contributed by atoms with E-state index in [0.29, 0.717) is 11.8 Å². The zero-order valence-electron chi connectivity index (χ0n) is 7.34. The summed E-state index contributed by atoms with van der Waals surface area (Å²) in [6.45, 7) is 4.49. The molecule has 2 heteroatoms. The molecule has 1 nitrogen and oxygen atoms in total. The Labute approximate surface area is 69.9 Å². The third-order valence-corrected chi connectivity index (χ3v) is 3.76. The molecular weight excluding hydrogens is 135 g/mol. The second-order valence-electron chi connectivity index (χ2n) is 3.99. The van der Waals surface area contributed by atoms with Crippen LogP contribution in [0.4, 0.5) is 0 Å². The molecule has 4 atom stereocenters. The monoisotopic (exact) mass is 150 g/mol. The summed E-state index contributed by atoms with van der Waals surface area (Å²) in [4.78, 5) is 0. The number of fused-ring (bicyclic) bond motifs is 2. The van der Waals surface area contributed by atoms with Crippen LogP contribution in [0.5, 0.6) is 0 Å². The average molecular weight is 150 g/mol. The maximum atomic E-state index is 5.85. The van der Waals surface area contributed by atoms with Gasteiger partial charge in [-0.05, 0) is 31.1 Å². The highest BCUT2D eigenvalue weighted by Gasteiger charge is 2.54. The van der Waals surface area contributed by atoms with Gasteiger partial charge in [-0.15, -0.1) is 0 Å². The molecule has 2 radical (unpaired) electrons.